The first-order chi connectivity index (χ1) is 22.6. The first kappa shape index (κ1) is 43.3. The predicted molar refractivity (Wildman–Crippen MR) is 181 cm³/mol. The fourth-order valence-corrected chi connectivity index (χ4v) is 4.86. The number of nitrogens with one attached hydrogen (secondary N) is 3. The Morgan fingerprint density at radius 2 is 1.24 bits per heavy atom. The van der Waals surface area contributed by atoms with Crippen LogP contribution in [0.3, 0.4) is 0 Å². The zero-order valence-electron chi connectivity index (χ0n) is 31.1. The lowest BCUT2D eigenvalue weighted by molar-refractivity contribution is -0.197. The number of esters is 2. The van der Waals surface area contributed by atoms with Crippen LogP contribution in [0.15, 0.2) is 0 Å². The molecule has 1 rings (SSSR count). The summed E-state index contributed by atoms with van der Waals surface area (Å²) >= 11 is 0. The molecular weight excluding hydrogens is 636 g/mol. The maximum absolute atomic E-state index is 13.1. The van der Waals surface area contributed by atoms with Crippen LogP contribution in [0.4, 0.5) is 4.79 Å². The Morgan fingerprint density at radius 3 is 1.80 bits per heavy atom. The van der Waals surface area contributed by atoms with E-state index in [0.29, 0.717) is 50.1 Å². The molecule has 0 spiro atoms. The molecule has 1 heterocycles. The van der Waals surface area contributed by atoms with E-state index in [1.54, 1.807) is 41.5 Å². The summed E-state index contributed by atoms with van der Waals surface area (Å²) in [5.74, 6) is -2.80. The van der Waals surface area contributed by atoms with Gasteiger partial charge >= 0.3 is 23.9 Å². The second-order valence-corrected chi connectivity index (χ2v) is 15.6. The van der Waals surface area contributed by atoms with E-state index in [9.17, 15) is 33.6 Å². The van der Waals surface area contributed by atoms with Gasteiger partial charge in [-0.2, -0.15) is 0 Å². The highest BCUT2D eigenvalue weighted by atomic mass is 16.7. The standard InChI is InChI=1S/C35H60N4O10/c1-33(2,3)25(38-32(46)37-24(31(45)48-35(7,8)9)19-22-29(43)47-34(4,5)6)16-14-15-23-36-26(40)17-12-10-11-13-18-30(44)49-39-27(41)20-21-28(39)42/h24-25H,10-23H2,1-9H3,(H,36,40)(H2,37,38,46)/t24-,25+/m1/s1. The number of hydroxylamine groups is 2. The van der Waals surface area contributed by atoms with Crippen LogP contribution in [-0.2, 0) is 43.1 Å². The minimum Gasteiger partial charge on any atom is -0.460 e. The van der Waals surface area contributed by atoms with Gasteiger partial charge < -0.3 is 30.3 Å². The van der Waals surface area contributed by atoms with Gasteiger partial charge in [0, 0.05) is 44.7 Å². The van der Waals surface area contributed by atoms with Crippen LogP contribution < -0.4 is 16.0 Å². The highest BCUT2D eigenvalue weighted by molar-refractivity contribution is 6.01. The molecule has 3 N–H and O–H groups in total. The molecule has 0 aromatic carbocycles. The van der Waals surface area contributed by atoms with Gasteiger partial charge in [0.05, 0.1) is 0 Å². The fraction of sp³-hybridized carbons (Fsp3) is 0.800. The Hall–Kier alpha value is -3.71. The first-order valence-electron chi connectivity index (χ1n) is 17.4. The van der Waals surface area contributed by atoms with Crippen molar-refractivity contribution in [1.29, 1.82) is 0 Å². The number of amides is 5. The average molecular weight is 697 g/mol. The summed E-state index contributed by atoms with van der Waals surface area (Å²) in [4.78, 5) is 90.2. The number of imide groups is 1. The van der Waals surface area contributed by atoms with E-state index in [1.807, 2.05) is 20.8 Å². The summed E-state index contributed by atoms with van der Waals surface area (Å²) in [6, 6.07) is -1.82. The number of rotatable bonds is 19. The highest BCUT2D eigenvalue weighted by Gasteiger charge is 2.33. The Labute approximate surface area is 291 Å². The molecule has 1 aliphatic heterocycles. The van der Waals surface area contributed by atoms with Gasteiger partial charge in [-0.05, 0) is 85.5 Å². The van der Waals surface area contributed by atoms with Crippen molar-refractivity contribution >= 4 is 41.7 Å². The lowest BCUT2D eigenvalue weighted by atomic mass is 9.84. The molecule has 0 aromatic rings. The van der Waals surface area contributed by atoms with Gasteiger partial charge in [-0.25, -0.2) is 14.4 Å². The van der Waals surface area contributed by atoms with Gasteiger partial charge in [0.1, 0.15) is 17.2 Å². The molecule has 0 radical (unpaired) electrons. The number of hydrogen-bond donors (Lipinski definition) is 3. The summed E-state index contributed by atoms with van der Waals surface area (Å²) < 4.78 is 10.8. The molecule has 280 valence electrons. The van der Waals surface area contributed by atoms with Crippen molar-refractivity contribution in [3.63, 3.8) is 0 Å². The average Bonchev–Trinajstić information content (AvgIpc) is 3.25. The minimum absolute atomic E-state index is 0.0248. The topological polar surface area (TPSA) is 187 Å². The smallest absolute Gasteiger partial charge is 0.333 e. The van der Waals surface area contributed by atoms with E-state index in [1.165, 1.54) is 0 Å². The van der Waals surface area contributed by atoms with Crippen molar-refractivity contribution < 1.29 is 47.9 Å². The Bertz CT molecular complexity index is 1130. The third-order valence-electron chi connectivity index (χ3n) is 7.38. The van der Waals surface area contributed by atoms with E-state index >= 15 is 0 Å². The lowest BCUT2D eigenvalue weighted by Gasteiger charge is -2.32. The zero-order valence-corrected chi connectivity index (χ0v) is 31.1. The number of urea groups is 1. The van der Waals surface area contributed by atoms with Gasteiger partial charge in [-0.3, -0.25) is 19.2 Å². The van der Waals surface area contributed by atoms with Gasteiger partial charge in [-0.15, -0.1) is 5.06 Å². The van der Waals surface area contributed by atoms with Gasteiger partial charge in [0.25, 0.3) is 11.8 Å². The quantitative estimate of drug-likeness (QED) is 0.0965. The predicted octanol–water partition coefficient (Wildman–Crippen LogP) is 4.77. The summed E-state index contributed by atoms with van der Waals surface area (Å²) in [6.07, 6.45) is 5.27. The van der Waals surface area contributed by atoms with Crippen LogP contribution in [0.5, 0.6) is 0 Å². The number of ether oxygens (including phenoxy) is 2. The van der Waals surface area contributed by atoms with E-state index in [0.717, 1.165) is 12.8 Å². The van der Waals surface area contributed by atoms with Crippen molar-refractivity contribution in [1.82, 2.24) is 21.0 Å². The molecule has 14 nitrogen and oxygen atoms in total. The lowest BCUT2D eigenvalue weighted by Crippen LogP contribution is -2.53. The van der Waals surface area contributed by atoms with Crippen LogP contribution in [0, 0.1) is 5.41 Å². The molecule has 0 aliphatic carbocycles. The van der Waals surface area contributed by atoms with E-state index in [2.05, 4.69) is 16.0 Å². The van der Waals surface area contributed by atoms with E-state index in [4.69, 9.17) is 14.3 Å². The molecule has 5 amide bonds. The largest absolute Gasteiger partial charge is 0.460 e. The fourth-order valence-electron chi connectivity index (χ4n) is 4.86. The second kappa shape index (κ2) is 20.1. The Balaban J connectivity index is 2.42. The molecule has 49 heavy (non-hydrogen) atoms. The maximum Gasteiger partial charge on any atom is 0.333 e. The van der Waals surface area contributed by atoms with Crippen LogP contribution in [0.2, 0.25) is 0 Å². The molecule has 1 saturated heterocycles. The summed E-state index contributed by atoms with van der Waals surface area (Å²) in [5, 5.41) is 9.14. The number of hydrogen-bond acceptors (Lipinski definition) is 10. The highest BCUT2D eigenvalue weighted by Crippen LogP contribution is 2.24. The molecule has 2 atom stereocenters. The van der Waals surface area contributed by atoms with Crippen LogP contribution in [-0.4, -0.2) is 76.6 Å². The van der Waals surface area contributed by atoms with Crippen molar-refractivity contribution in [2.45, 2.75) is 169 Å². The van der Waals surface area contributed by atoms with Crippen molar-refractivity contribution in [3.05, 3.63) is 0 Å². The third-order valence-corrected chi connectivity index (χ3v) is 7.38. The van der Waals surface area contributed by atoms with Crippen LogP contribution in [0.1, 0.15) is 146 Å². The summed E-state index contributed by atoms with van der Waals surface area (Å²) in [6.45, 7) is 17.0. The molecular formula is C35H60N4O10. The molecule has 0 aromatic heterocycles. The normalized spacial score (nSPS) is 14.9. The van der Waals surface area contributed by atoms with Crippen molar-refractivity contribution in [3.8, 4) is 0 Å². The summed E-state index contributed by atoms with van der Waals surface area (Å²) in [7, 11) is 0. The minimum atomic E-state index is -1.04. The number of nitrogens with zero attached hydrogens (tertiary/aromatic N) is 1. The van der Waals surface area contributed by atoms with E-state index in [-0.39, 0.29) is 49.5 Å². The van der Waals surface area contributed by atoms with Crippen LogP contribution in [0.25, 0.3) is 0 Å². The zero-order chi connectivity index (χ0) is 37.4. The van der Waals surface area contributed by atoms with Crippen molar-refractivity contribution in [2.75, 3.05) is 6.54 Å². The SMILES string of the molecule is CC(C)(C)OC(=O)CC[C@@H](NC(=O)N[C@@H](CCCCNC(=O)CCCCCCC(=O)ON1C(=O)CCC1=O)C(C)(C)C)C(=O)OC(C)(C)C. The Kier molecular flexibility index (Phi) is 17.8. The molecule has 1 fully saturated rings. The third kappa shape index (κ3) is 19.8. The van der Waals surface area contributed by atoms with Crippen LogP contribution >= 0.6 is 0 Å². The number of unbranched alkanes of at least 4 members (excludes halogenated alkanes) is 4. The first-order valence-corrected chi connectivity index (χ1v) is 17.4. The van der Waals surface area contributed by atoms with E-state index < -0.39 is 53.0 Å². The number of carbonyl (C=O) groups excluding carboxylic acids is 7. The molecule has 14 heteroatoms. The number of carbonyl (C=O) groups is 7. The van der Waals surface area contributed by atoms with Gasteiger partial charge in [-0.1, -0.05) is 33.6 Å². The summed E-state index contributed by atoms with van der Waals surface area (Å²) in [5.41, 5.74) is -1.74. The molecule has 0 saturated carbocycles. The second-order valence-electron chi connectivity index (χ2n) is 15.6. The van der Waals surface area contributed by atoms with Gasteiger partial charge in [0.2, 0.25) is 5.91 Å². The van der Waals surface area contributed by atoms with Crippen molar-refractivity contribution in [2.24, 2.45) is 5.41 Å². The molecule has 0 bridgehead atoms. The van der Waals surface area contributed by atoms with Gasteiger partial charge in [0.15, 0.2) is 0 Å². The molecule has 1 aliphatic rings. The Morgan fingerprint density at radius 1 is 0.673 bits per heavy atom. The molecule has 0 unspecified atom stereocenters. The monoisotopic (exact) mass is 696 g/mol. The maximum atomic E-state index is 13.1.